The molecule has 0 aliphatic carbocycles. The highest BCUT2D eigenvalue weighted by Gasteiger charge is 2.04. The molecule has 0 saturated carbocycles. The molecule has 0 radical (unpaired) electrons. The van der Waals surface area contributed by atoms with Crippen LogP contribution in [-0.2, 0) is 19.5 Å². The minimum absolute atomic E-state index is 0. The summed E-state index contributed by atoms with van der Waals surface area (Å²) in [6, 6.07) is 3.78. The molecule has 20 heavy (non-hydrogen) atoms. The normalized spacial score (nSPS) is 11.0. The van der Waals surface area contributed by atoms with Crippen molar-refractivity contribution >= 4 is 41.3 Å². The summed E-state index contributed by atoms with van der Waals surface area (Å²) in [7, 11) is 1.73. The molecule has 8 heteroatoms. The fourth-order valence-corrected chi connectivity index (χ4v) is 2.19. The van der Waals surface area contributed by atoms with Gasteiger partial charge in [0.15, 0.2) is 5.96 Å². The summed E-state index contributed by atoms with van der Waals surface area (Å²) in [4.78, 5) is 4.14. The zero-order valence-electron chi connectivity index (χ0n) is 11.4. The molecule has 0 saturated heterocycles. The minimum atomic E-state index is 0. The van der Waals surface area contributed by atoms with Gasteiger partial charge in [-0.2, -0.15) is 0 Å². The Balaban J connectivity index is 0.00000200. The molecular weight excluding hydrogens is 389 g/mol. The molecule has 0 unspecified atom stereocenters. The number of halogens is 1. The second-order valence-corrected chi connectivity index (χ2v) is 4.95. The molecule has 0 spiro atoms. The van der Waals surface area contributed by atoms with Gasteiger partial charge in [0.2, 0.25) is 0 Å². The molecule has 6 nitrogen and oxygen atoms in total. The van der Waals surface area contributed by atoms with E-state index in [4.69, 9.17) is 4.42 Å². The second kappa shape index (κ2) is 8.90. The molecule has 0 aromatic carbocycles. The molecule has 2 N–H and O–H groups in total. The molecule has 2 aromatic rings. The Morgan fingerprint density at radius 1 is 1.30 bits per heavy atom. The average Bonchev–Trinajstić information content (AvgIpc) is 3.10. The van der Waals surface area contributed by atoms with Crippen LogP contribution in [0.2, 0.25) is 0 Å². The van der Waals surface area contributed by atoms with Crippen molar-refractivity contribution in [2.75, 3.05) is 7.05 Å². The summed E-state index contributed by atoms with van der Waals surface area (Å²) in [5.74, 6) is 1.58. The van der Waals surface area contributed by atoms with E-state index >= 15 is 0 Å². The van der Waals surface area contributed by atoms with E-state index in [1.807, 2.05) is 12.1 Å². The summed E-state index contributed by atoms with van der Waals surface area (Å²) in [6.07, 6.45) is 2.57. The summed E-state index contributed by atoms with van der Waals surface area (Å²) >= 11 is 1.62. The van der Waals surface area contributed by atoms with Crippen LogP contribution in [-0.4, -0.2) is 23.2 Å². The number of nitrogens with one attached hydrogen (secondary N) is 2. The second-order valence-electron chi connectivity index (χ2n) is 3.80. The summed E-state index contributed by atoms with van der Waals surface area (Å²) in [5.41, 5.74) is 0. The first-order valence-corrected chi connectivity index (χ1v) is 6.91. The van der Waals surface area contributed by atoms with Crippen molar-refractivity contribution in [1.82, 2.24) is 20.8 Å². The largest absolute Gasteiger partial charge is 0.467 e. The Bertz CT molecular complexity index is 526. The number of aromatic nitrogens is 2. The maximum Gasteiger partial charge on any atom is 0.191 e. The van der Waals surface area contributed by atoms with Crippen LogP contribution in [0.3, 0.4) is 0 Å². The Hall–Kier alpha value is -1.16. The fraction of sp³-hybridized carbons (Fsp3) is 0.417. The van der Waals surface area contributed by atoms with Crippen LogP contribution in [0.25, 0.3) is 0 Å². The number of rotatable bonds is 5. The van der Waals surface area contributed by atoms with Gasteiger partial charge < -0.3 is 15.1 Å². The van der Waals surface area contributed by atoms with Crippen molar-refractivity contribution in [2.45, 2.75) is 26.4 Å². The van der Waals surface area contributed by atoms with Gasteiger partial charge in [-0.15, -0.1) is 34.2 Å². The molecule has 0 aliphatic heterocycles. The van der Waals surface area contributed by atoms with Crippen molar-refractivity contribution < 1.29 is 4.42 Å². The smallest absolute Gasteiger partial charge is 0.191 e. The molecule has 0 aliphatic rings. The lowest BCUT2D eigenvalue weighted by molar-refractivity contribution is 0.501. The van der Waals surface area contributed by atoms with E-state index in [1.54, 1.807) is 24.6 Å². The third-order valence-electron chi connectivity index (χ3n) is 2.45. The lowest BCUT2D eigenvalue weighted by Gasteiger charge is -2.09. The number of guanidine groups is 1. The van der Waals surface area contributed by atoms with E-state index in [0.717, 1.165) is 22.2 Å². The van der Waals surface area contributed by atoms with Crippen molar-refractivity contribution in [3.8, 4) is 0 Å². The van der Waals surface area contributed by atoms with Crippen LogP contribution < -0.4 is 10.6 Å². The van der Waals surface area contributed by atoms with E-state index in [9.17, 15) is 0 Å². The zero-order valence-corrected chi connectivity index (χ0v) is 14.6. The molecule has 0 bridgehead atoms. The Morgan fingerprint density at radius 3 is 2.65 bits per heavy atom. The first-order valence-electron chi connectivity index (χ1n) is 6.10. The molecule has 2 rings (SSSR count). The molecular formula is C12H18IN5OS. The van der Waals surface area contributed by atoms with Crippen LogP contribution in [0.5, 0.6) is 0 Å². The van der Waals surface area contributed by atoms with Gasteiger partial charge in [-0.05, 0) is 18.6 Å². The van der Waals surface area contributed by atoms with Crippen molar-refractivity contribution in [2.24, 2.45) is 4.99 Å². The lowest BCUT2D eigenvalue weighted by Crippen LogP contribution is -2.36. The van der Waals surface area contributed by atoms with Crippen LogP contribution in [0.4, 0.5) is 0 Å². The quantitative estimate of drug-likeness (QED) is 0.452. The minimum Gasteiger partial charge on any atom is -0.467 e. The number of hydrogen-bond donors (Lipinski definition) is 2. The van der Waals surface area contributed by atoms with Gasteiger partial charge in [0.25, 0.3) is 0 Å². The number of aliphatic imine (C=N–C) groups is 1. The average molecular weight is 407 g/mol. The summed E-state index contributed by atoms with van der Waals surface area (Å²) in [5, 5.41) is 16.5. The highest BCUT2D eigenvalue weighted by Crippen LogP contribution is 2.09. The van der Waals surface area contributed by atoms with E-state index in [2.05, 4.69) is 32.7 Å². The van der Waals surface area contributed by atoms with Gasteiger partial charge in [0.05, 0.1) is 19.4 Å². The van der Waals surface area contributed by atoms with E-state index < -0.39 is 0 Å². The Morgan fingerprint density at radius 2 is 2.05 bits per heavy atom. The highest BCUT2D eigenvalue weighted by molar-refractivity contribution is 14.0. The third kappa shape index (κ3) is 5.08. The molecule has 2 aromatic heterocycles. The van der Waals surface area contributed by atoms with Crippen molar-refractivity contribution in [1.29, 1.82) is 0 Å². The summed E-state index contributed by atoms with van der Waals surface area (Å²) in [6.45, 7) is 3.29. The van der Waals surface area contributed by atoms with Gasteiger partial charge in [0, 0.05) is 7.05 Å². The topological polar surface area (TPSA) is 75.3 Å². The maximum absolute atomic E-state index is 5.24. The monoisotopic (exact) mass is 407 g/mol. The zero-order chi connectivity index (χ0) is 13.5. The van der Waals surface area contributed by atoms with Crippen LogP contribution in [0.1, 0.15) is 22.7 Å². The molecule has 0 fully saturated rings. The first kappa shape index (κ1) is 16.9. The molecule has 0 amide bonds. The van der Waals surface area contributed by atoms with Gasteiger partial charge in [-0.1, -0.05) is 18.3 Å². The van der Waals surface area contributed by atoms with E-state index in [-0.39, 0.29) is 24.0 Å². The van der Waals surface area contributed by atoms with Crippen LogP contribution in [0.15, 0.2) is 27.8 Å². The van der Waals surface area contributed by atoms with Gasteiger partial charge >= 0.3 is 0 Å². The molecule has 110 valence electrons. The molecule has 0 atom stereocenters. The maximum atomic E-state index is 5.24. The van der Waals surface area contributed by atoms with Crippen molar-refractivity contribution in [3.63, 3.8) is 0 Å². The van der Waals surface area contributed by atoms with Gasteiger partial charge in [-0.3, -0.25) is 4.99 Å². The standard InChI is InChI=1S/C12H17N5OS.HI/c1-3-10-16-17-11(19-10)8-15-12(13-2)14-7-9-5-4-6-18-9;/h4-6H,3,7-8H2,1-2H3,(H2,13,14,15);1H. The Labute approximate surface area is 139 Å². The Kier molecular flexibility index (Phi) is 7.52. The SMILES string of the molecule is CCc1nnc(CNC(=NC)NCc2ccco2)s1.I. The summed E-state index contributed by atoms with van der Waals surface area (Å²) < 4.78 is 5.24. The van der Waals surface area contributed by atoms with Gasteiger partial charge in [0.1, 0.15) is 15.8 Å². The predicted octanol–water partition coefficient (Wildman–Crippen LogP) is 2.18. The van der Waals surface area contributed by atoms with Gasteiger partial charge in [-0.25, -0.2) is 0 Å². The van der Waals surface area contributed by atoms with E-state index in [0.29, 0.717) is 19.0 Å². The van der Waals surface area contributed by atoms with Crippen LogP contribution in [0, 0.1) is 0 Å². The number of aryl methyl sites for hydroxylation is 1. The number of hydrogen-bond acceptors (Lipinski definition) is 5. The number of nitrogens with zero attached hydrogens (tertiary/aromatic N) is 3. The number of furan rings is 1. The van der Waals surface area contributed by atoms with Crippen molar-refractivity contribution in [3.05, 3.63) is 34.2 Å². The fourth-order valence-electron chi connectivity index (χ4n) is 1.47. The lowest BCUT2D eigenvalue weighted by atomic mass is 10.4. The molecule has 2 heterocycles. The first-order chi connectivity index (χ1) is 9.31. The third-order valence-corrected chi connectivity index (χ3v) is 3.52. The van der Waals surface area contributed by atoms with E-state index in [1.165, 1.54) is 0 Å². The predicted molar refractivity (Wildman–Crippen MR) is 90.4 cm³/mol. The van der Waals surface area contributed by atoms with Crippen LogP contribution >= 0.6 is 35.3 Å². The highest BCUT2D eigenvalue weighted by atomic mass is 127.